The first-order valence-electron chi connectivity index (χ1n) is 2.97. The molecule has 0 saturated carbocycles. The van der Waals surface area contributed by atoms with Crippen molar-refractivity contribution in [1.82, 2.24) is 0 Å². The predicted molar refractivity (Wildman–Crippen MR) is 32.1 cm³/mol. The van der Waals surface area contributed by atoms with Crippen LogP contribution in [0.4, 0.5) is 0 Å². The van der Waals surface area contributed by atoms with E-state index >= 15 is 0 Å². The first-order valence-corrected chi connectivity index (χ1v) is 2.97. The first kappa shape index (κ1) is 5.17. The van der Waals surface area contributed by atoms with Gasteiger partial charge in [-0.2, -0.15) is 0 Å². The van der Waals surface area contributed by atoms with E-state index in [1.807, 2.05) is 0 Å². The molecule has 2 heteroatoms. The number of hydrogen-bond acceptors (Lipinski definition) is 1. The van der Waals surface area contributed by atoms with Crippen LogP contribution in [0.1, 0.15) is 0 Å². The highest BCUT2D eigenvalue weighted by molar-refractivity contribution is 6.57. The minimum absolute atomic E-state index is 0.911. The Morgan fingerprint density at radius 1 is 1.29 bits per heavy atom. The van der Waals surface area contributed by atoms with Gasteiger partial charge in [0.2, 0.25) is 0 Å². The third kappa shape index (κ3) is 1.52. The van der Waals surface area contributed by atoms with Gasteiger partial charge in [-0.1, -0.05) is 19.5 Å². The first-order chi connectivity index (χ1) is 3.39. The molecule has 0 aliphatic carbocycles. The lowest BCUT2D eigenvalue weighted by Gasteiger charge is -2.13. The Balaban J connectivity index is 2.12. The lowest BCUT2D eigenvalue weighted by molar-refractivity contribution is 0.151. The molecule has 1 nitrogen and oxygen atoms in total. The highest BCUT2D eigenvalue weighted by atomic mass is 16.5. The summed E-state index contributed by atoms with van der Waals surface area (Å²) in [6.07, 6.45) is 2.53. The van der Waals surface area contributed by atoms with Crippen LogP contribution in [-0.4, -0.2) is 19.9 Å². The van der Waals surface area contributed by atoms with E-state index in [1.54, 1.807) is 0 Å². The van der Waals surface area contributed by atoms with E-state index in [2.05, 4.69) is 6.82 Å². The highest BCUT2D eigenvalue weighted by Gasteiger charge is 2.10. The molecule has 0 unspecified atom stereocenters. The third-order valence-corrected chi connectivity index (χ3v) is 1.51. The molecular weight excluding hydrogens is 86.9 g/mol. The van der Waals surface area contributed by atoms with E-state index in [4.69, 9.17) is 4.74 Å². The summed E-state index contributed by atoms with van der Waals surface area (Å²) < 4.78 is 5.14. The number of hydrogen-bond donors (Lipinski definition) is 0. The van der Waals surface area contributed by atoms with Crippen molar-refractivity contribution in [1.29, 1.82) is 0 Å². The number of ether oxygens (including phenoxy) is 1. The summed E-state index contributed by atoms with van der Waals surface area (Å²) in [6, 6.07) is 0. The van der Waals surface area contributed by atoms with Crippen LogP contribution < -0.4 is 0 Å². The molecule has 0 aromatic heterocycles. The van der Waals surface area contributed by atoms with Crippen LogP contribution >= 0.6 is 0 Å². The van der Waals surface area contributed by atoms with E-state index in [-0.39, 0.29) is 0 Å². The van der Waals surface area contributed by atoms with Gasteiger partial charge < -0.3 is 4.74 Å². The predicted octanol–water partition coefficient (Wildman–Crippen LogP) is 1.14. The second-order valence-corrected chi connectivity index (χ2v) is 2.29. The smallest absolute Gasteiger partial charge is 0.141 e. The molecule has 1 fully saturated rings. The van der Waals surface area contributed by atoms with Crippen LogP contribution in [0.3, 0.4) is 0 Å². The van der Waals surface area contributed by atoms with Crippen molar-refractivity contribution in [3.63, 3.8) is 0 Å². The van der Waals surface area contributed by atoms with Crippen LogP contribution in [0, 0.1) is 0 Å². The minimum Gasteiger partial charge on any atom is -0.383 e. The summed E-state index contributed by atoms with van der Waals surface area (Å²) >= 11 is 0. The molecule has 1 aliphatic heterocycles. The van der Waals surface area contributed by atoms with E-state index in [1.165, 1.54) is 12.6 Å². The fraction of sp³-hybridized carbons (Fsp3) is 1.00. The van der Waals surface area contributed by atoms with Crippen molar-refractivity contribution < 1.29 is 4.74 Å². The largest absolute Gasteiger partial charge is 0.383 e. The molecule has 1 saturated heterocycles. The molecule has 7 heavy (non-hydrogen) atoms. The van der Waals surface area contributed by atoms with Crippen molar-refractivity contribution in [2.75, 3.05) is 13.2 Å². The molecule has 0 atom stereocenters. The molecule has 0 aromatic rings. The SMILES string of the molecule is CB1CCOCC1. The Morgan fingerprint density at radius 3 is 2.14 bits per heavy atom. The van der Waals surface area contributed by atoms with Crippen LogP contribution in [0.2, 0.25) is 19.5 Å². The van der Waals surface area contributed by atoms with Crippen molar-refractivity contribution in [2.45, 2.75) is 19.5 Å². The monoisotopic (exact) mass is 98.1 g/mol. The Labute approximate surface area is 45.1 Å². The molecule has 1 rings (SSSR count). The van der Waals surface area contributed by atoms with Gasteiger partial charge in [0.15, 0.2) is 0 Å². The van der Waals surface area contributed by atoms with E-state index in [0.717, 1.165) is 19.9 Å². The molecule has 1 aliphatic rings. The third-order valence-electron chi connectivity index (χ3n) is 1.51. The summed E-state index contributed by atoms with van der Waals surface area (Å²) in [7, 11) is 0. The Hall–Kier alpha value is 0.0249. The van der Waals surface area contributed by atoms with E-state index in [0.29, 0.717) is 0 Å². The van der Waals surface area contributed by atoms with Crippen LogP contribution in [0.25, 0.3) is 0 Å². The molecule has 0 radical (unpaired) electrons. The molecule has 0 bridgehead atoms. The average Bonchev–Trinajstić information content (AvgIpc) is 1.69. The number of rotatable bonds is 0. The zero-order chi connectivity index (χ0) is 5.11. The van der Waals surface area contributed by atoms with Gasteiger partial charge in [0.1, 0.15) is 6.71 Å². The molecule has 0 aromatic carbocycles. The zero-order valence-electron chi connectivity index (χ0n) is 4.81. The van der Waals surface area contributed by atoms with Gasteiger partial charge in [-0.15, -0.1) is 0 Å². The van der Waals surface area contributed by atoms with Crippen LogP contribution in [0.5, 0.6) is 0 Å². The van der Waals surface area contributed by atoms with E-state index in [9.17, 15) is 0 Å². The maximum Gasteiger partial charge on any atom is 0.141 e. The van der Waals surface area contributed by atoms with Crippen LogP contribution in [-0.2, 0) is 4.74 Å². The Morgan fingerprint density at radius 2 is 1.86 bits per heavy atom. The second-order valence-electron chi connectivity index (χ2n) is 2.29. The topological polar surface area (TPSA) is 9.23 Å². The summed E-state index contributed by atoms with van der Waals surface area (Å²) in [4.78, 5) is 0. The molecule has 40 valence electrons. The van der Waals surface area contributed by atoms with Gasteiger partial charge in [-0.05, 0) is 0 Å². The van der Waals surface area contributed by atoms with Crippen molar-refractivity contribution >= 4 is 6.71 Å². The van der Waals surface area contributed by atoms with Gasteiger partial charge in [0.25, 0.3) is 0 Å². The fourth-order valence-electron chi connectivity index (χ4n) is 0.815. The van der Waals surface area contributed by atoms with Gasteiger partial charge >= 0.3 is 0 Å². The second kappa shape index (κ2) is 2.36. The summed E-state index contributed by atoms with van der Waals surface area (Å²) in [5.41, 5.74) is 0. The normalized spacial score (nSPS) is 22.7. The molecule has 0 spiro atoms. The Bertz CT molecular complexity index is 50.0. The molecule has 1 heterocycles. The summed E-state index contributed by atoms with van der Waals surface area (Å²) in [6.45, 7) is 5.17. The van der Waals surface area contributed by atoms with E-state index < -0.39 is 0 Å². The minimum atomic E-state index is 0.911. The maximum atomic E-state index is 5.14. The highest BCUT2D eigenvalue weighted by Crippen LogP contribution is 2.05. The molecule has 0 N–H and O–H groups in total. The molecule has 0 amide bonds. The van der Waals surface area contributed by atoms with Gasteiger partial charge in [-0.3, -0.25) is 0 Å². The standard InChI is InChI=1S/C5H11BO/c1-6-2-4-7-5-3-6/h2-5H2,1H3. The van der Waals surface area contributed by atoms with Gasteiger partial charge in [-0.25, -0.2) is 0 Å². The zero-order valence-corrected chi connectivity index (χ0v) is 4.81. The van der Waals surface area contributed by atoms with Crippen molar-refractivity contribution in [2.24, 2.45) is 0 Å². The molecular formula is C5H11BO. The fourth-order valence-corrected chi connectivity index (χ4v) is 0.815. The summed E-state index contributed by atoms with van der Waals surface area (Å²) in [5.74, 6) is 0. The quantitative estimate of drug-likeness (QED) is 0.413. The lowest BCUT2D eigenvalue weighted by atomic mass is 9.47. The maximum absolute atomic E-state index is 5.14. The Kier molecular flexibility index (Phi) is 1.74. The van der Waals surface area contributed by atoms with Crippen LogP contribution in [0.15, 0.2) is 0 Å². The summed E-state index contributed by atoms with van der Waals surface area (Å²) in [5, 5.41) is 0. The average molecular weight is 98.0 g/mol. The lowest BCUT2D eigenvalue weighted by Crippen LogP contribution is -2.19. The van der Waals surface area contributed by atoms with Crippen molar-refractivity contribution in [3.05, 3.63) is 0 Å². The van der Waals surface area contributed by atoms with Gasteiger partial charge in [0, 0.05) is 13.2 Å². The van der Waals surface area contributed by atoms with Crippen molar-refractivity contribution in [3.8, 4) is 0 Å². The van der Waals surface area contributed by atoms with Gasteiger partial charge in [0.05, 0.1) is 0 Å².